The molecule has 0 amide bonds. The van der Waals surface area contributed by atoms with Crippen LogP contribution in [0.4, 0.5) is 0 Å². The van der Waals surface area contributed by atoms with E-state index in [-0.39, 0.29) is 11.8 Å². The van der Waals surface area contributed by atoms with Gasteiger partial charge in [-0.05, 0) is 68.6 Å². The number of hydrogen-bond donors (Lipinski definition) is 1. The molecular formula is C20H25NO. The number of Topliss-reactive ketones (excluding diaryl/α,β-unsaturated/α-hetero) is 1. The lowest BCUT2D eigenvalue weighted by Gasteiger charge is -2.18. The molecule has 0 saturated carbocycles. The fraction of sp³-hybridized carbons (Fsp3) is 0.350. The molecule has 116 valence electrons. The molecule has 0 fully saturated rings. The number of carbonyl (C=O) groups is 1. The van der Waals surface area contributed by atoms with Gasteiger partial charge in [-0.3, -0.25) is 4.79 Å². The van der Waals surface area contributed by atoms with E-state index in [0.29, 0.717) is 6.42 Å². The Morgan fingerprint density at radius 3 is 2.27 bits per heavy atom. The monoisotopic (exact) mass is 295 g/mol. The van der Waals surface area contributed by atoms with E-state index < -0.39 is 0 Å². The molecule has 0 aliphatic rings. The number of hydrogen-bond acceptors (Lipinski definition) is 2. The molecule has 0 aliphatic carbocycles. The minimum atomic E-state index is 0.0727. The molecule has 2 aromatic carbocycles. The maximum Gasteiger partial charge on any atom is 0.131 e. The Labute approximate surface area is 133 Å². The first-order valence-corrected chi connectivity index (χ1v) is 7.77. The molecule has 0 saturated heterocycles. The number of ketones is 1. The molecule has 2 aromatic rings. The van der Waals surface area contributed by atoms with Crippen molar-refractivity contribution < 1.29 is 4.79 Å². The van der Waals surface area contributed by atoms with Gasteiger partial charge in [-0.15, -0.1) is 0 Å². The number of benzene rings is 2. The average molecular weight is 295 g/mol. The van der Waals surface area contributed by atoms with E-state index >= 15 is 0 Å². The molecule has 0 spiro atoms. The van der Waals surface area contributed by atoms with Crippen molar-refractivity contribution in [2.75, 3.05) is 7.05 Å². The van der Waals surface area contributed by atoms with Crippen LogP contribution in [0.3, 0.4) is 0 Å². The van der Waals surface area contributed by atoms with E-state index in [1.807, 2.05) is 7.05 Å². The zero-order chi connectivity index (χ0) is 16.3. The van der Waals surface area contributed by atoms with Crippen LogP contribution in [0.5, 0.6) is 0 Å². The lowest BCUT2D eigenvalue weighted by atomic mass is 9.91. The summed E-state index contributed by atoms with van der Waals surface area (Å²) in [6, 6.07) is 13.0. The average Bonchev–Trinajstić information content (AvgIpc) is 2.43. The Kier molecular flexibility index (Phi) is 5.15. The molecule has 0 aliphatic heterocycles. The zero-order valence-corrected chi connectivity index (χ0v) is 14.2. The second-order valence-electron chi connectivity index (χ2n) is 6.15. The van der Waals surface area contributed by atoms with Crippen LogP contribution in [0.1, 0.15) is 41.6 Å². The Morgan fingerprint density at radius 1 is 1.09 bits per heavy atom. The van der Waals surface area contributed by atoms with Gasteiger partial charge in [0.15, 0.2) is 0 Å². The van der Waals surface area contributed by atoms with Gasteiger partial charge >= 0.3 is 0 Å². The summed E-state index contributed by atoms with van der Waals surface area (Å²) < 4.78 is 0. The first-order valence-electron chi connectivity index (χ1n) is 7.77. The minimum Gasteiger partial charge on any atom is -0.313 e. The van der Waals surface area contributed by atoms with Gasteiger partial charge in [0.25, 0.3) is 0 Å². The van der Waals surface area contributed by atoms with E-state index in [1.165, 1.54) is 27.8 Å². The van der Waals surface area contributed by atoms with E-state index in [4.69, 9.17) is 0 Å². The second kappa shape index (κ2) is 6.89. The fourth-order valence-electron chi connectivity index (χ4n) is 3.22. The maximum absolute atomic E-state index is 11.4. The molecule has 0 bridgehead atoms. The summed E-state index contributed by atoms with van der Waals surface area (Å²) in [6.07, 6.45) is 0.520. The highest BCUT2D eigenvalue weighted by Crippen LogP contribution is 2.30. The van der Waals surface area contributed by atoms with Crippen molar-refractivity contribution in [3.63, 3.8) is 0 Å². The SMILES string of the molecule is CNC(CC(C)=O)c1cccc(-c2c(C)cc(C)cc2C)c1. The largest absolute Gasteiger partial charge is 0.313 e. The van der Waals surface area contributed by atoms with Gasteiger partial charge in [-0.2, -0.15) is 0 Å². The van der Waals surface area contributed by atoms with Crippen LogP contribution < -0.4 is 5.32 Å². The van der Waals surface area contributed by atoms with Crippen molar-refractivity contribution >= 4 is 5.78 Å². The van der Waals surface area contributed by atoms with Gasteiger partial charge in [-0.25, -0.2) is 0 Å². The van der Waals surface area contributed by atoms with Gasteiger partial charge in [0, 0.05) is 12.5 Å². The minimum absolute atomic E-state index is 0.0727. The molecule has 2 heteroatoms. The first kappa shape index (κ1) is 16.4. The highest BCUT2D eigenvalue weighted by molar-refractivity contribution is 5.77. The Morgan fingerprint density at radius 2 is 1.73 bits per heavy atom. The van der Waals surface area contributed by atoms with E-state index in [9.17, 15) is 4.79 Å². The third kappa shape index (κ3) is 3.63. The summed E-state index contributed by atoms with van der Waals surface area (Å²) in [5.74, 6) is 0.201. The molecule has 0 aromatic heterocycles. The van der Waals surface area contributed by atoms with Gasteiger partial charge in [-0.1, -0.05) is 35.9 Å². The lowest BCUT2D eigenvalue weighted by molar-refractivity contribution is -0.117. The molecule has 1 atom stereocenters. The van der Waals surface area contributed by atoms with Crippen LogP contribution in [0, 0.1) is 20.8 Å². The molecule has 1 unspecified atom stereocenters. The normalized spacial score (nSPS) is 12.2. The second-order valence-corrected chi connectivity index (χ2v) is 6.15. The fourth-order valence-corrected chi connectivity index (χ4v) is 3.22. The topological polar surface area (TPSA) is 29.1 Å². The molecule has 2 nitrogen and oxygen atoms in total. The van der Waals surface area contributed by atoms with Crippen LogP contribution in [-0.2, 0) is 4.79 Å². The summed E-state index contributed by atoms with van der Waals surface area (Å²) in [4.78, 5) is 11.4. The van der Waals surface area contributed by atoms with E-state index in [2.05, 4.69) is 62.5 Å². The van der Waals surface area contributed by atoms with Crippen molar-refractivity contribution in [2.45, 2.75) is 40.2 Å². The lowest BCUT2D eigenvalue weighted by Crippen LogP contribution is -2.19. The van der Waals surface area contributed by atoms with Crippen molar-refractivity contribution in [3.05, 3.63) is 58.7 Å². The third-order valence-electron chi connectivity index (χ3n) is 4.09. The standard InChI is InChI=1S/C20H25NO/c1-13-9-14(2)20(15(3)10-13)18-8-6-7-17(12-18)19(21-5)11-16(4)22/h6-10,12,19,21H,11H2,1-5H3. The van der Waals surface area contributed by atoms with Crippen LogP contribution in [0.2, 0.25) is 0 Å². The zero-order valence-electron chi connectivity index (χ0n) is 14.2. The van der Waals surface area contributed by atoms with Gasteiger partial charge in [0.05, 0.1) is 0 Å². The summed E-state index contributed by atoms with van der Waals surface area (Å²) in [5.41, 5.74) is 7.56. The number of rotatable bonds is 5. The molecule has 0 heterocycles. The third-order valence-corrected chi connectivity index (χ3v) is 4.09. The van der Waals surface area contributed by atoms with E-state index in [1.54, 1.807) is 6.92 Å². The van der Waals surface area contributed by atoms with Crippen molar-refractivity contribution in [2.24, 2.45) is 0 Å². The van der Waals surface area contributed by atoms with Gasteiger partial charge in [0.2, 0.25) is 0 Å². The number of carbonyl (C=O) groups excluding carboxylic acids is 1. The molecule has 22 heavy (non-hydrogen) atoms. The molecule has 1 N–H and O–H groups in total. The summed E-state index contributed by atoms with van der Waals surface area (Å²) in [5, 5.41) is 3.25. The predicted molar refractivity (Wildman–Crippen MR) is 93.2 cm³/mol. The van der Waals surface area contributed by atoms with Gasteiger partial charge < -0.3 is 5.32 Å². The number of nitrogens with one attached hydrogen (secondary N) is 1. The van der Waals surface area contributed by atoms with Crippen molar-refractivity contribution in [1.82, 2.24) is 5.32 Å². The molecule has 2 rings (SSSR count). The first-order chi connectivity index (χ1) is 10.4. The van der Waals surface area contributed by atoms with Crippen molar-refractivity contribution in [1.29, 1.82) is 0 Å². The van der Waals surface area contributed by atoms with Crippen molar-refractivity contribution in [3.8, 4) is 11.1 Å². The summed E-state index contributed by atoms with van der Waals surface area (Å²) >= 11 is 0. The van der Waals surface area contributed by atoms with Gasteiger partial charge in [0.1, 0.15) is 5.78 Å². The van der Waals surface area contributed by atoms with Crippen LogP contribution in [0.15, 0.2) is 36.4 Å². The highest BCUT2D eigenvalue weighted by atomic mass is 16.1. The van der Waals surface area contributed by atoms with Crippen LogP contribution in [0.25, 0.3) is 11.1 Å². The maximum atomic E-state index is 11.4. The molecule has 0 radical (unpaired) electrons. The quantitative estimate of drug-likeness (QED) is 0.878. The Bertz CT molecular complexity index is 665. The van der Waals surface area contributed by atoms with E-state index in [0.717, 1.165) is 5.56 Å². The Balaban J connectivity index is 2.46. The van der Waals surface area contributed by atoms with Crippen LogP contribution >= 0.6 is 0 Å². The summed E-state index contributed by atoms with van der Waals surface area (Å²) in [6.45, 7) is 8.09. The molecular weight excluding hydrogens is 270 g/mol. The Hall–Kier alpha value is -1.93. The van der Waals surface area contributed by atoms with Crippen LogP contribution in [-0.4, -0.2) is 12.8 Å². The summed E-state index contributed by atoms with van der Waals surface area (Å²) in [7, 11) is 1.91. The number of aryl methyl sites for hydroxylation is 3. The smallest absolute Gasteiger partial charge is 0.131 e. The highest BCUT2D eigenvalue weighted by Gasteiger charge is 2.13. The predicted octanol–water partition coefficient (Wildman–Crippen LogP) is 4.52.